The Balaban J connectivity index is 2.54. The minimum Gasteiger partial charge on any atom is -0.497 e. The maximum absolute atomic E-state index is 10.0. The summed E-state index contributed by atoms with van der Waals surface area (Å²) in [5.41, 5.74) is 0.842. The molecule has 4 heteroatoms. The van der Waals surface area contributed by atoms with Gasteiger partial charge in [0.25, 0.3) is 0 Å². The smallest absolute Gasteiger partial charge is 0.119 e. The zero-order chi connectivity index (χ0) is 12.8. The van der Waals surface area contributed by atoms with E-state index >= 15 is 0 Å². The highest BCUT2D eigenvalue weighted by Crippen LogP contribution is 2.25. The summed E-state index contributed by atoms with van der Waals surface area (Å²) < 4.78 is 5.11. The zero-order valence-electron chi connectivity index (χ0n) is 10.5. The Morgan fingerprint density at radius 3 is 2.59 bits per heavy atom. The van der Waals surface area contributed by atoms with Crippen molar-refractivity contribution in [2.75, 3.05) is 12.9 Å². The number of benzene rings is 1. The van der Waals surface area contributed by atoms with Crippen molar-refractivity contribution in [3.63, 3.8) is 0 Å². The van der Waals surface area contributed by atoms with E-state index in [2.05, 4.69) is 0 Å². The van der Waals surface area contributed by atoms with Crippen LogP contribution in [-0.4, -0.2) is 34.4 Å². The third kappa shape index (κ3) is 4.58. The van der Waals surface area contributed by atoms with E-state index in [0.29, 0.717) is 5.75 Å². The van der Waals surface area contributed by atoms with Crippen LogP contribution in [0.15, 0.2) is 24.3 Å². The van der Waals surface area contributed by atoms with Crippen LogP contribution in [0, 0.1) is 0 Å². The predicted molar refractivity (Wildman–Crippen MR) is 71.6 cm³/mol. The third-order valence-electron chi connectivity index (χ3n) is 2.67. The van der Waals surface area contributed by atoms with Crippen LogP contribution in [0.3, 0.4) is 0 Å². The Bertz CT molecular complexity index is 341. The Morgan fingerprint density at radius 2 is 2.00 bits per heavy atom. The fraction of sp³-hybridized carbons (Fsp3) is 0.538. The number of rotatable bonds is 6. The summed E-state index contributed by atoms with van der Waals surface area (Å²) in [6.07, 6.45) is -0.895. The molecule has 0 aliphatic heterocycles. The number of thioether (sulfide) groups is 1. The number of hydrogen-bond donors (Lipinski definition) is 2. The van der Waals surface area contributed by atoms with Crippen LogP contribution in [-0.2, 0) is 0 Å². The van der Waals surface area contributed by atoms with Gasteiger partial charge in [-0.25, -0.2) is 0 Å². The van der Waals surface area contributed by atoms with Gasteiger partial charge in [0.2, 0.25) is 0 Å². The van der Waals surface area contributed by atoms with Crippen LogP contribution in [0.1, 0.15) is 25.5 Å². The Morgan fingerprint density at radius 1 is 1.29 bits per heavy atom. The molecular formula is C13H20O3S. The van der Waals surface area contributed by atoms with Crippen LogP contribution in [0.4, 0.5) is 0 Å². The maximum Gasteiger partial charge on any atom is 0.119 e. The van der Waals surface area contributed by atoms with E-state index in [1.54, 1.807) is 25.8 Å². The molecule has 0 spiro atoms. The molecule has 1 aromatic carbocycles. The lowest BCUT2D eigenvalue weighted by atomic mass is 10.1. The molecule has 1 rings (SSSR count). The lowest BCUT2D eigenvalue weighted by Gasteiger charge is -2.17. The molecule has 3 atom stereocenters. The standard InChI is InChI=1S/C13H20O3S/c1-9(14)10(2)17-8-13(15)11-5-4-6-12(7-11)16-3/h4-7,9-10,13-15H,8H2,1-3H3. The average molecular weight is 256 g/mol. The molecule has 96 valence electrons. The molecule has 0 radical (unpaired) electrons. The fourth-order valence-electron chi connectivity index (χ4n) is 1.33. The topological polar surface area (TPSA) is 49.7 Å². The van der Waals surface area contributed by atoms with Gasteiger partial charge in [0.15, 0.2) is 0 Å². The van der Waals surface area contributed by atoms with Crippen molar-refractivity contribution in [3.8, 4) is 5.75 Å². The average Bonchev–Trinajstić information content (AvgIpc) is 2.35. The lowest BCUT2D eigenvalue weighted by molar-refractivity contribution is 0.192. The Hall–Kier alpha value is -0.710. The fourth-order valence-corrected chi connectivity index (χ4v) is 2.28. The molecular weight excluding hydrogens is 236 g/mol. The molecule has 0 saturated heterocycles. The van der Waals surface area contributed by atoms with Crippen LogP contribution in [0.5, 0.6) is 5.75 Å². The van der Waals surface area contributed by atoms with E-state index in [0.717, 1.165) is 11.3 Å². The van der Waals surface area contributed by atoms with E-state index in [-0.39, 0.29) is 11.4 Å². The monoisotopic (exact) mass is 256 g/mol. The Labute approximate surface area is 107 Å². The highest BCUT2D eigenvalue weighted by Gasteiger charge is 2.14. The Kier molecular flexibility index (Phi) is 5.82. The molecule has 17 heavy (non-hydrogen) atoms. The van der Waals surface area contributed by atoms with Crippen molar-refractivity contribution in [2.24, 2.45) is 0 Å². The minimum atomic E-state index is -0.531. The first-order chi connectivity index (χ1) is 8.04. The molecule has 0 aliphatic carbocycles. The van der Waals surface area contributed by atoms with Gasteiger partial charge in [0, 0.05) is 11.0 Å². The van der Waals surface area contributed by atoms with Crippen LogP contribution in [0.2, 0.25) is 0 Å². The first-order valence-electron chi connectivity index (χ1n) is 5.66. The summed E-state index contributed by atoms with van der Waals surface area (Å²) in [6.45, 7) is 3.71. The number of aliphatic hydroxyl groups excluding tert-OH is 2. The lowest BCUT2D eigenvalue weighted by Crippen LogP contribution is -2.17. The minimum absolute atomic E-state index is 0.121. The SMILES string of the molecule is COc1cccc(C(O)CSC(C)C(C)O)c1. The van der Waals surface area contributed by atoms with E-state index < -0.39 is 6.10 Å². The van der Waals surface area contributed by atoms with Gasteiger partial charge >= 0.3 is 0 Å². The molecule has 2 N–H and O–H groups in total. The van der Waals surface area contributed by atoms with Crippen molar-refractivity contribution in [2.45, 2.75) is 31.3 Å². The number of ether oxygens (including phenoxy) is 1. The van der Waals surface area contributed by atoms with Gasteiger partial charge in [-0.3, -0.25) is 0 Å². The zero-order valence-corrected chi connectivity index (χ0v) is 11.3. The molecule has 0 fully saturated rings. The summed E-state index contributed by atoms with van der Waals surface area (Å²) in [7, 11) is 1.61. The van der Waals surface area contributed by atoms with E-state index in [1.807, 2.05) is 31.2 Å². The normalized spacial score (nSPS) is 16.3. The van der Waals surface area contributed by atoms with Gasteiger partial charge in [-0.1, -0.05) is 19.1 Å². The highest BCUT2D eigenvalue weighted by molar-refractivity contribution is 7.99. The van der Waals surface area contributed by atoms with Gasteiger partial charge in [-0.2, -0.15) is 11.8 Å². The van der Waals surface area contributed by atoms with E-state index in [1.165, 1.54) is 0 Å². The number of aliphatic hydroxyl groups is 2. The summed E-state index contributed by atoms with van der Waals surface area (Å²) >= 11 is 1.56. The molecule has 0 saturated carbocycles. The van der Waals surface area contributed by atoms with Crippen LogP contribution < -0.4 is 4.74 Å². The second-order valence-electron chi connectivity index (χ2n) is 4.07. The van der Waals surface area contributed by atoms with Crippen molar-refractivity contribution in [1.82, 2.24) is 0 Å². The highest BCUT2D eigenvalue weighted by atomic mass is 32.2. The van der Waals surface area contributed by atoms with Gasteiger partial charge in [-0.15, -0.1) is 0 Å². The summed E-state index contributed by atoms with van der Waals surface area (Å²) in [4.78, 5) is 0. The molecule has 0 amide bonds. The molecule has 3 unspecified atom stereocenters. The molecule has 1 aromatic rings. The third-order valence-corrected chi connectivity index (χ3v) is 4.10. The largest absolute Gasteiger partial charge is 0.497 e. The van der Waals surface area contributed by atoms with Gasteiger partial charge in [0.1, 0.15) is 5.75 Å². The van der Waals surface area contributed by atoms with Crippen molar-refractivity contribution in [3.05, 3.63) is 29.8 Å². The second kappa shape index (κ2) is 6.89. The van der Waals surface area contributed by atoms with Crippen LogP contribution in [0.25, 0.3) is 0 Å². The summed E-state index contributed by atoms with van der Waals surface area (Å²) in [5, 5.41) is 19.5. The maximum atomic E-state index is 10.0. The molecule has 3 nitrogen and oxygen atoms in total. The first kappa shape index (κ1) is 14.4. The number of methoxy groups -OCH3 is 1. The molecule has 0 aliphatic rings. The second-order valence-corrected chi connectivity index (χ2v) is 5.48. The quantitative estimate of drug-likeness (QED) is 0.819. The number of hydrogen-bond acceptors (Lipinski definition) is 4. The van der Waals surface area contributed by atoms with Crippen molar-refractivity contribution < 1.29 is 14.9 Å². The van der Waals surface area contributed by atoms with Crippen molar-refractivity contribution >= 4 is 11.8 Å². The van der Waals surface area contributed by atoms with E-state index in [4.69, 9.17) is 4.74 Å². The van der Waals surface area contributed by atoms with Crippen molar-refractivity contribution in [1.29, 1.82) is 0 Å². The summed E-state index contributed by atoms with van der Waals surface area (Å²) in [5.74, 6) is 1.31. The van der Waals surface area contributed by atoms with Gasteiger partial charge in [-0.05, 0) is 24.6 Å². The van der Waals surface area contributed by atoms with Gasteiger partial charge in [0.05, 0.1) is 19.3 Å². The van der Waals surface area contributed by atoms with Gasteiger partial charge < -0.3 is 14.9 Å². The first-order valence-corrected chi connectivity index (χ1v) is 6.71. The van der Waals surface area contributed by atoms with E-state index in [9.17, 15) is 10.2 Å². The summed E-state index contributed by atoms with van der Waals surface area (Å²) in [6, 6.07) is 7.42. The predicted octanol–water partition coefficient (Wildman–Crippen LogP) is 2.23. The van der Waals surface area contributed by atoms with Crippen LogP contribution >= 0.6 is 11.8 Å². The molecule has 0 bridgehead atoms. The molecule has 0 heterocycles. The molecule has 0 aromatic heterocycles.